The molecule has 9 heteroatoms. The van der Waals surface area contributed by atoms with Crippen molar-refractivity contribution in [3.63, 3.8) is 0 Å². The Hall–Kier alpha value is -3.20. The molecule has 2 amide bonds. The van der Waals surface area contributed by atoms with Gasteiger partial charge in [0.25, 0.3) is 11.8 Å². The van der Waals surface area contributed by atoms with Crippen LogP contribution in [0, 0.1) is 0 Å². The SMILES string of the molecule is COc1ccc(C(CS(C)(=O)=O)N2C(=O)c3cccc(C(C)=O)c3C2=O)cc1OC. The fourth-order valence-electron chi connectivity index (χ4n) is 3.55. The molecule has 0 saturated carbocycles. The molecule has 1 heterocycles. The minimum atomic E-state index is -3.59. The average molecular weight is 431 g/mol. The number of ether oxygens (including phenoxy) is 2. The molecule has 158 valence electrons. The molecule has 2 aromatic carbocycles. The number of Topliss-reactive ketones (excluding diaryl/α,β-unsaturated/α-hetero) is 1. The van der Waals surface area contributed by atoms with Crippen LogP contribution in [-0.4, -0.2) is 57.1 Å². The van der Waals surface area contributed by atoms with Crippen molar-refractivity contribution in [3.05, 3.63) is 58.7 Å². The highest BCUT2D eigenvalue weighted by Gasteiger charge is 2.43. The van der Waals surface area contributed by atoms with Crippen LogP contribution in [0.1, 0.15) is 49.6 Å². The highest BCUT2D eigenvalue weighted by atomic mass is 32.2. The molecule has 1 atom stereocenters. The topological polar surface area (TPSA) is 107 Å². The summed E-state index contributed by atoms with van der Waals surface area (Å²) in [5.74, 6) is -1.45. The lowest BCUT2D eigenvalue weighted by atomic mass is 10.0. The summed E-state index contributed by atoms with van der Waals surface area (Å²) in [7, 11) is -0.708. The highest BCUT2D eigenvalue weighted by molar-refractivity contribution is 7.90. The van der Waals surface area contributed by atoms with E-state index in [4.69, 9.17) is 9.47 Å². The van der Waals surface area contributed by atoms with Gasteiger partial charge in [-0.05, 0) is 30.7 Å². The normalized spacial score (nSPS) is 14.5. The Labute approximate surface area is 174 Å². The number of hydrogen-bond acceptors (Lipinski definition) is 7. The van der Waals surface area contributed by atoms with Crippen LogP contribution in [0.5, 0.6) is 11.5 Å². The van der Waals surface area contributed by atoms with Crippen LogP contribution in [0.25, 0.3) is 0 Å². The zero-order valence-corrected chi connectivity index (χ0v) is 17.8. The van der Waals surface area contributed by atoms with Crippen molar-refractivity contribution in [1.82, 2.24) is 4.90 Å². The second kappa shape index (κ2) is 7.91. The molecular weight excluding hydrogens is 410 g/mol. The first kappa shape index (κ1) is 21.5. The Kier molecular flexibility index (Phi) is 5.67. The quantitative estimate of drug-likeness (QED) is 0.489. The summed E-state index contributed by atoms with van der Waals surface area (Å²) in [6, 6.07) is 8.02. The zero-order chi connectivity index (χ0) is 22.2. The second-order valence-electron chi connectivity index (χ2n) is 6.99. The lowest BCUT2D eigenvalue weighted by molar-refractivity contribution is 0.0595. The van der Waals surface area contributed by atoms with Crippen LogP contribution in [0.3, 0.4) is 0 Å². The van der Waals surface area contributed by atoms with Gasteiger partial charge < -0.3 is 9.47 Å². The largest absolute Gasteiger partial charge is 0.493 e. The molecule has 0 bridgehead atoms. The third-order valence-electron chi connectivity index (χ3n) is 4.89. The van der Waals surface area contributed by atoms with E-state index in [1.165, 1.54) is 45.4 Å². The van der Waals surface area contributed by atoms with Gasteiger partial charge in [0.2, 0.25) is 0 Å². The van der Waals surface area contributed by atoms with Crippen LogP contribution in [-0.2, 0) is 9.84 Å². The van der Waals surface area contributed by atoms with E-state index in [-0.39, 0.29) is 22.5 Å². The molecule has 1 unspecified atom stereocenters. The summed E-state index contributed by atoms with van der Waals surface area (Å²) in [4.78, 5) is 39.2. The van der Waals surface area contributed by atoms with Gasteiger partial charge in [0.1, 0.15) is 9.84 Å². The smallest absolute Gasteiger partial charge is 0.262 e. The van der Waals surface area contributed by atoms with E-state index in [9.17, 15) is 22.8 Å². The van der Waals surface area contributed by atoms with E-state index in [2.05, 4.69) is 0 Å². The number of benzene rings is 2. The molecule has 1 aliphatic heterocycles. The standard InChI is InChI=1S/C21H21NO7S/c1-12(23)14-6-5-7-15-19(14)21(25)22(20(15)24)16(11-30(4,26)27)13-8-9-17(28-2)18(10-13)29-3/h5-10,16H,11H2,1-4H3. The number of imide groups is 1. The number of sulfone groups is 1. The summed E-state index contributed by atoms with van der Waals surface area (Å²) in [6.45, 7) is 1.30. The van der Waals surface area contributed by atoms with Gasteiger partial charge >= 0.3 is 0 Å². The van der Waals surface area contributed by atoms with Gasteiger partial charge in [0, 0.05) is 11.8 Å². The number of hydrogen-bond donors (Lipinski definition) is 0. The number of fused-ring (bicyclic) bond motifs is 1. The van der Waals surface area contributed by atoms with Crippen molar-refractivity contribution in [2.24, 2.45) is 0 Å². The van der Waals surface area contributed by atoms with Gasteiger partial charge in [-0.2, -0.15) is 0 Å². The van der Waals surface area contributed by atoms with E-state index < -0.39 is 33.4 Å². The second-order valence-corrected chi connectivity index (χ2v) is 9.17. The number of carbonyl (C=O) groups is 3. The molecule has 0 fully saturated rings. The van der Waals surface area contributed by atoms with Crippen molar-refractivity contribution in [2.75, 3.05) is 26.2 Å². The Morgan fingerprint density at radius 3 is 2.27 bits per heavy atom. The van der Waals surface area contributed by atoms with Crippen molar-refractivity contribution in [3.8, 4) is 11.5 Å². The van der Waals surface area contributed by atoms with E-state index in [0.717, 1.165) is 11.2 Å². The Morgan fingerprint density at radius 1 is 1.03 bits per heavy atom. The maximum Gasteiger partial charge on any atom is 0.262 e. The van der Waals surface area contributed by atoms with Crippen molar-refractivity contribution in [1.29, 1.82) is 0 Å². The van der Waals surface area contributed by atoms with Crippen LogP contribution < -0.4 is 9.47 Å². The number of nitrogens with zero attached hydrogens (tertiary/aromatic N) is 1. The van der Waals surface area contributed by atoms with Crippen LogP contribution in [0.4, 0.5) is 0 Å². The monoisotopic (exact) mass is 431 g/mol. The molecule has 0 aromatic heterocycles. The van der Waals surface area contributed by atoms with E-state index in [1.807, 2.05) is 0 Å². The molecule has 2 aromatic rings. The molecule has 1 aliphatic rings. The molecule has 3 rings (SSSR count). The molecule has 0 N–H and O–H groups in total. The highest BCUT2D eigenvalue weighted by Crippen LogP contribution is 2.37. The van der Waals surface area contributed by atoms with Gasteiger partial charge in [-0.1, -0.05) is 18.2 Å². The van der Waals surface area contributed by atoms with E-state index in [0.29, 0.717) is 17.1 Å². The minimum Gasteiger partial charge on any atom is -0.493 e. The molecular formula is C21H21NO7S. The van der Waals surface area contributed by atoms with E-state index in [1.54, 1.807) is 12.1 Å². The lowest BCUT2D eigenvalue weighted by Gasteiger charge is -2.26. The minimum absolute atomic E-state index is 0.00558. The molecule has 8 nitrogen and oxygen atoms in total. The molecule has 0 spiro atoms. The fraction of sp³-hybridized carbons (Fsp3) is 0.286. The molecule has 0 saturated heterocycles. The predicted molar refractivity (Wildman–Crippen MR) is 109 cm³/mol. The van der Waals surface area contributed by atoms with Crippen molar-refractivity contribution in [2.45, 2.75) is 13.0 Å². The number of carbonyl (C=O) groups excluding carboxylic acids is 3. The van der Waals surface area contributed by atoms with Gasteiger partial charge in [0.15, 0.2) is 17.3 Å². The van der Waals surface area contributed by atoms with Crippen molar-refractivity contribution >= 4 is 27.4 Å². The Balaban J connectivity index is 2.17. The summed E-state index contributed by atoms with van der Waals surface area (Å²) >= 11 is 0. The number of methoxy groups -OCH3 is 2. The lowest BCUT2D eigenvalue weighted by Crippen LogP contribution is -2.37. The number of rotatable bonds is 7. The van der Waals surface area contributed by atoms with Crippen molar-refractivity contribution < 1.29 is 32.3 Å². The first-order valence-electron chi connectivity index (χ1n) is 9.00. The number of amides is 2. The van der Waals surface area contributed by atoms with Gasteiger partial charge in [-0.15, -0.1) is 0 Å². The summed E-state index contributed by atoms with van der Waals surface area (Å²) in [6.07, 6.45) is 1.03. The first-order valence-corrected chi connectivity index (χ1v) is 11.1. The summed E-state index contributed by atoms with van der Waals surface area (Å²) in [5, 5.41) is 0. The summed E-state index contributed by atoms with van der Waals surface area (Å²) < 4.78 is 34.8. The molecule has 0 radical (unpaired) electrons. The Bertz CT molecular complexity index is 1150. The number of ketones is 1. The maximum absolute atomic E-state index is 13.2. The van der Waals surface area contributed by atoms with Crippen LogP contribution >= 0.6 is 0 Å². The fourth-order valence-corrected chi connectivity index (χ4v) is 4.46. The van der Waals surface area contributed by atoms with Crippen LogP contribution in [0.15, 0.2) is 36.4 Å². The Morgan fingerprint density at radius 2 is 1.70 bits per heavy atom. The van der Waals surface area contributed by atoms with Gasteiger partial charge in [-0.25, -0.2) is 8.42 Å². The first-order chi connectivity index (χ1) is 14.1. The molecule has 30 heavy (non-hydrogen) atoms. The van der Waals surface area contributed by atoms with E-state index >= 15 is 0 Å². The zero-order valence-electron chi connectivity index (χ0n) is 17.0. The predicted octanol–water partition coefficient (Wildman–Crippen LogP) is 2.29. The molecule has 0 aliphatic carbocycles. The van der Waals surface area contributed by atoms with Gasteiger partial charge in [-0.3, -0.25) is 19.3 Å². The average Bonchev–Trinajstić information content (AvgIpc) is 2.95. The third kappa shape index (κ3) is 3.80. The maximum atomic E-state index is 13.2. The van der Waals surface area contributed by atoms with Crippen LogP contribution in [0.2, 0.25) is 0 Å². The third-order valence-corrected chi connectivity index (χ3v) is 5.81. The van der Waals surface area contributed by atoms with Gasteiger partial charge in [0.05, 0.1) is 37.1 Å². The summed E-state index contributed by atoms with van der Waals surface area (Å²) in [5.41, 5.74) is 0.580.